The van der Waals surface area contributed by atoms with Crippen molar-refractivity contribution in [3.8, 4) is 0 Å². The number of halogens is 1. The number of methoxy groups -OCH3 is 1. The third kappa shape index (κ3) is 2.30. The van der Waals surface area contributed by atoms with Crippen molar-refractivity contribution in [2.75, 3.05) is 18.6 Å². The molecule has 2 atom stereocenters. The molecule has 2 aromatic heterocycles. The van der Waals surface area contributed by atoms with Crippen LogP contribution in [0.25, 0.3) is 10.9 Å². The molecule has 0 aliphatic carbocycles. The molecular formula is C16H17FN6O. The maximum absolute atomic E-state index is 14.5. The van der Waals surface area contributed by atoms with Crippen molar-refractivity contribution in [3.63, 3.8) is 0 Å². The van der Waals surface area contributed by atoms with Gasteiger partial charge in [0.1, 0.15) is 24.3 Å². The van der Waals surface area contributed by atoms with Crippen LogP contribution in [0.1, 0.15) is 18.3 Å². The fourth-order valence-corrected chi connectivity index (χ4v) is 3.31. The van der Waals surface area contributed by atoms with Gasteiger partial charge >= 0.3 is 0 Å². The van der Waals surface area contributed by atoms with Crippen molar-refractivity contribution in [1.29, 1.82) is 0 Å². The molecule has 3 aromatic rings. The van der Waals surface area contributed by atoms with Gasteiger partial charge in [0.15, 0.2) is 5.82 Å². The third-order valence-corrected chi connectivity index (χ3v) is 4.50. The summed E-state index contributed by atoms with van der Waals surface area (Å²) in [6.45, 7) is 0.606. The van der Waals surface area contributed by atoms with Crippen LogP contribution < -0.4 is 4.90 Å². The fourth-order valence-electron chi connectivity index (χ4n) is 3.31. The van der Waals surface area contributed by atoms with Crippen molar-refractivity contribution in [1.82, 2.24) is 24.7 Å². The van der Waals surface area contributed by atoms with Gasteiger partial charge in [-0.15, -0.1) is 10.2 Å². The van der Waals surface area contributed by atoms with E-state index in [-0.39, 0.29) is 18.0 Å². The van der Waals surface area contributed by atoms with Crippen LogP contribution in [0, 0.1) is 5.82 Å². The smallest absolute Gasteiger partial charge is 0.155 e. The summed E-state index contributed by atoms with van der Waals surface area (Å²) in [5, 5.41) is 8.61. The van der Waals surface area contributed by atoms with Crippen molar-refractivity contribution < 1.29 is 9.13 Å². The summed E-state index contributed by atoms with van der Waals surface area (Å²) < 4.78 is 21.9. The molecule has 0 spiro atoms. The van der Waals surface area contributed by atoms with E-state index in [0.717, 1.165) is 12.2 Å². The van der Waals surface area contributed by atoms with Gasteiger partial charge in [0.25, 0.3) is 0 Å². The molecular weight excluding hydrogens is 311 g/mol. The van der Waals surface area contributed by atoms with Crippen LogP contribution >= 0.6 is 0 Å². The number of hydrogen-bond donors (Lipinski definition) is 0. The molecule has 0 radical (unpaired) electrons. The van der Waals surface area contributed by atoms with E-state index in [4.69, 9.17) is 4.74 Å². The van der Waals surface area contributed by atoms with Gasteiger partial charge in [0.05, 0.1) is 23.0 Å². The van der Waals surface area contributed by atoms with Crippen molar-refractivity contribution in [2.24, 2.45) is 7.05 Å². The fraction of sp³-hybridized carbons (Fsp3) is 0.375. The Morgan fingerprint density at radius 2 is 2.17 bits per heavy atom. The molecule has 1 aliphatic rings. The average molecular weight is 328 g/mol. The Morgan fingerprint density at radius 1 is 1.29 bits per heavy atom. The molecule has 1 saturated heterocycles. The third-order valence-electron chi connectivity index (χ3n) is 4.50. The summed E-state index contributed by atoms with van der Waals surface area (Å²) >= 11 is 0. The minimum Gasteiger partial charge on any atom is -0.380 e. The molecule has 24 heavy (non-hydrogen) atoms. The second kappa shape index (κ2) is 5.79. The molecule has 8 heteroatoms. The van der Waals surface area contributed by atoms with Gasteiger partial charge < -0.3 is 14.2 Å². The Labute approximate surface area is 138 Å². The van der Waals surface area contributed by atoms with E-state index in [9.17, 15) is 4.39 Å². The maximum Gasteiger partial charge on any atom is 0.155 e. The Balaban J connectivity index is 1.86. The summed E-state index contributed by atoms with van der Waals surface area (Å²) in [5.41, 5.74) is 0.581. The number of hydrogen-bond acceptors (Lipinski definition) is 6. The van der Waals surface area contributed by atoms with Crippen molar-refractivity contribution in [3.05, 3.63) is 42.5 Å². The molecule has 3 heterocycles. The second-order valence-electron chi connectivity index (χ2n) is 5.89. The zero-order valence-electron chi connectivity index (χ0n) is 13.4. The van der Waals surface area contributed by atoms with Crippen LogP contribution in [-0.2, 0) is 11.8 Å². The average Bonchev–Trinajstić information content (AvgIpc) is 3.20. The number of nitrogens with zero attached hydrogens (tertiary/aromatic N) is 6. The van der Waals surface area contributed by atoms with E-state index in [1.54, 1.807) is 25.6 Å². The van der Waals surface area contributed by atoms with E-state index in [2.05, 4.69) is 20.2 Å². The number of benzene rings is 1. The Kier molecular flexibility index (Phi) is 3.61. The number of aryl methyl sites for hydroxylation is 1. The molecule has 1 aliphatic heterocycles. The SMILES string of the molecule is CO[C@@H]1C[C@@H](c2nncn2C)N(c2ncnc3cccc(F)c23)C1. The summed E-state index contributed by atoms with van der Waals surface area (Å²) in [6.07, 6.45) is 3.88. The molecule has 1 aromatic carbocycles. The van der Waals surface area contributed by atoms with Gasteiger partial charge in [-0.3, -0.25) is 0 Å². The standard InChI is InChI=1S/C16H17FN6O/c1-22-9-20-21-15(22)13-6-10(24-2)7-23(13)16-14-11(17)4-3-5-12(14)18-8-19-16/h3-5,8-10,13H,6-7H2,1-2H3/t10-,13+/m1/s1. The zero-order chi connectivity index (χ0) is 16.7. The van der Waals surface area contributed by atoms with Crippen LogP contribution in [-0.4, -0.2) is 44.5 Å². The monoisotopic (exact) mass is 328 g/mol. The lowest BCUT2D eigenvalue weighted by Gasteiger charge is -2.25. The molecule has 4 rings (SSSR count). The van der Waals surface area contributed by atoms with E-state index < -0.39 is 0 Å². The highest BCUT2D eigenvalue weighted by molar-refractivity contribution is 5.90. The zero-order valence-corrected chi connectivity index (χ0v) is 13.4. The number of ether oxygens (including phenoxy) is 1. The van der Waals surface area contributed by atoms with Gasteiger partial charge in [-0.05, 0) is 12.1 Å². The Hall–Kier alpha value is -2.61. The van der Waals surface area contributed by atoms with E-state index in [0.29, 0.717) is 23.3 Å². The molecule has 0 bridgehead atoms. The highest BCUT2D eigenvalue weighted by atomic mass is 19.1. The summed E-state index contributed by atoms with van der Waals surface area (Å²) in [4.78, 5) is 10.6. The van der Waals surface area contributed by atoms with Gasteiger partial charge in [0.2, 0.25) is 0 Å². The van der Waals surface area contributed by atoms with Gasteiger partial charge in [-0.2, -0.15) is 0 Å². The normalized spacial score (nSPS) is 20.9. The minimum atomic E-state index is -0.333. The molecule has 7 nitrogen and oxygen atoms in total. The van der Waals surface area contributed by atoms with Crippen LogP contribution in [0.5, 0.6) is 0 Å². The summed E-state index contributed by atoms with van der Waals surface area (Å²) in [7, 11) is 3.58. The van der Waals surface area contributed by atoms with Crippen LogP contribution in [0.2, 0.25) is 0 Å². The number of fused-ring (bicyclic) bond motifs is 1. The first-order valence-electron chi connectivity index (χ1n) is 7.71. The molecule has 0 amide bonds. The lowest BCUT2D eigenvalue weighted by Crippen LogP contribution is -2.27. The predicted octanol–water partition coefficient (Wildman–Crippen LogP) is 1.86. The lowest BCUT2D eigenvalue weighted by atomic mass is 10.1. The first-order valence-corrected chi connectivity index (χ1v) is 7.71. The molecule has 1 fully saturated rings. The molecule has 124 valence electrons. The molecule has 0 N–H and O–H groups in total. The highest BCUT2D eigenvalue weighted by Gasteiger charge is 2.37. The Morgan fingerprint density at radius 3 is 2.92 bits per heavy atom. The van der Waals surface area contributed by atoms with Crippen LogP contribution in [0.15, 0.2) is 30.9 Å². The molecule has 0 saturated carbocycles. The number of aromatic nitrogens is 5. The lowest BCUT2D eigenvalue weighted by molar-refractivity contribution is 0.118. The Bertz CT molecular complexity index is 877. The van der Waals surface area contributed by atoms with Crippen molar-refractivity contribution in [2.45, 2.75) is 18.6 Å². The van der Waals surface area contributed by atoms with E-state index >= 15 is 0 Å². The quantitative estimate of drug-likeness (QED) is 0.731. The number of anilines is 1. The number of rotatable bonds is 3. The largest absolute Gasteiger partial charge is 0.380 e. The maximum atomic E-state index is 14.5. The van der Waals surface area contributed by atoms with Gasteiger partial charge in [-0.1, -0.05) is 6.07 Å². The summed E-state index contributed by atoms with van der Waals surface area (Å²) in [5.74, 6) is 1.03. The second-order valence-corrected chi connectivity index (χ2v) is 5.89. The van der Waals surface area contributed by atoms with Crippen LogP contribution in [0.4, 0.5) is 10.2 Å². The minimum absolute atomic E-state index is 0.0171. The first-order chi connectivity index (χ1) is 11.7. The first kappa shape index (κ1) is 14.9. The highest BCUT2D eigenvalue weighted by Crippen LogP contribution is 2.38. The molecule has 0 unspecified atom stereocenters. The van der Waals surface area contributed by atoms with Crippen molar-refractivity contribution >= 4 is 16.7 Å². The van der Waals surface area contributed by atoms with Gasteiger partial charge in [-0.25, -0.2) is 14.4 Å². The van der Waals surface area contributed by atoms with E-state index in [1.807, 2.05) is 16.5 Å². The summed E-state index contributed by atoms with van der Waals surface area (Å²) in [6, 6.07) is 4.78. The predicted molar refractivity (Wildman–Crippen MR) is 86.0 cm³/mol. The van der Waals surface area contributed by atoms with E-state index in [1.165, 1.54) is 12.4 Å². The van der Waals surface area contributed by atoms with Crippen LogP contribution in [0.3, 0.4) is 0 Å². The topological polar surface area (TPSA) is 69.0 Å². The van der Waals surface area contributed by atoms with Gasteiger partial charge in [0, 0.05) is 27.1 Å².